The summed E-state index contributed by atoms with van der Waals surface area (Å²) in [6, 6.07) is 11.0. The Morgan fingerprint density at radius 3 is 2.37 bits per heavy atom. The number of halogens is 2. The van der Waals surface area contributed by atoms with Crippen LogP contribution in [0.3, 0.4) is 0 Å². The van der Waals surface area contributed by atoms with Gasteiger partial charge in [0, 0.05) is 24.2 Å². The number of amides is 1. The highest BCUT2D eigenvalue weighted by Crippen LogP contribution is 2.37. The van der Waals surface area contributed by atoms with Crippen LogP contribution in [0, 0.1) is 34.8 Å². The number of aliphatic hydroxyl groups is 1. The van der Waals surface area contributed by atoms with Crippen molar-refractivity contribution in [2.45, 2.75) is 58.3 Å². The van der Waals surface area contributed by atoms with Gasteiger partial charge in [0.1, 0.15) is 28.5 Å². The highest BCUT2D eigenvalue weighted by molar-refractivity contribution is 6.03. The number of pyridine rings is 1. The van der Waals surface area contributed by atoms with E-state index in [1.165, 1.54) is 26.0 Å². The van der Waals surface area contributed by atoms with Gasteiger partial charge in [0.15, 0.2) is 5.82 Å². The van der Waals surface area contributed by atoms with Crippen molar-refractivity contribution in [3.05, 3.63) is 76.6 Å². The highest BCUT2D eigenvalue weighted by Gasteiger charge is 2.27. The monoisotopic (exact) mass is 586 g/mol. The van der Waals surface area contributed by atoms with E-state index >= 15 is 0 Å². The molecule has 0 bridgehead atoms. The second-order valence-electron chi connectivity index (χ2n) is 11.6. The smallest absolute Gasteiger partial charge is 0.408 e. The van der Waals surface area contributed by atoms with Crippen LogP contribution < -0.4 is 11.1 Å². The molecule has 1 atom stereocenters. The van der Waals surface area contributed by atoms with Gasteiger partial charge in [0.05, 0.1) is 34.3 Å². The lowest BCUT2D eigenvalue weighted by Crippen LogP contribution is -2.36. The molecule has 4 aromatic rings. The van der Waals surface area contributed by atoms with Crippen molar-refractivity contribution >= 4 is 22.8 Å². The van der Waals surface area contributed by atoms with Gasteiger partial charge >= 0.3 is 6.09 Å². The second kappa shape index (κ2) is 11.7. The number of nitrogens with one attached hydrogen (secondary N) is 1. The molecule has 0 aliphatic rings. The average molecular weight is 587 g/mol. The Morgan fingerprint density at radius 2 is 1.77 bits per heavy atom. The number of carbonyl (C=O) groups excluding carboxylic acids is 1. The van der Waals surface area contributed by atoms with Gasteiger partial charge in [-0.1, -0.05) is 12.0 Å². The molecule has 2 heterocycles. The fourth-order valence-corrected chi connectivity index (χ4v) is 4.64. The molecule has 2 aromatic heterocycles. The number of nitrogens with zero attached hydrogens (tertiary/aromatic N) is 4. The molecule has 0 saturated carbocycles. The Hall–Kier alpha value is -5.00. The van der Waals surface area contributed by atoms with E-state index < -0.39 is 35.0 Å². The Labute approximate surface area is 248 Å². The number of benzene rings is 2. The number of rotatable bonds is 5. The van der Waals surface area contributed by atoms with Crippen LogP contribution in [0.2, 0.25) is 0 Å². The molecule has 222 valence electrons. The van der Waals surface area contributed by atoms with Gasteiger partial charge in [-0.2, -0.15) is 10.4 Å². The molecular weight excluding hydrogens is 554 g/mol. The first kappa shape index (κ1) is 30.9. The van der Waals surface area contributed by atoms with Crippen molar-refractivity contribution in [3.8, 4) is 29.0 Å². The Bertz CT molecular complexity index is 1800. The van der Waals surface area contributed by atoms with E-state index in [0.717, 1.165) is 6.07 Å². The van der Waals surface area contributed by atoms with Crippen molar-refractivity contribution in [2.75, 3.05) is 5.73 Å². The Morgan fingerprint density at radius 1 is 1.12 bits per heavy atom. The minimum Gasteiger partial charge on any atom is -0.444 e. The van der Waals surface area contributed by atoms with Crippen LogP contribution in [-0.4, -0.2) is 37.2 Å². The largest absolute Gasteiger partial charge is 0.444 e. The molecule has 4 rings (SSSR count). The normalized spacial score (nSPS) is 12.3. The predicted molar refractivity (Wildman–Crippen MR) is 158 cm³/mol. The highest BCUT2D eigenvalue weighted by atomic mass is 19.1. The number of alkyl carbamates (subject to hydrolysis) is 1. The number of hydrogen-bond donors (Lipinski definition) is 3. The lowest BCUT2D eigenvalue weighted by atomic mass is 9.93. The van der Waals surface area contributed by atoms with Gasteiger partial charge < -0.3 is 20.9 Å². The third-order valence-electron chi connectivity index (χ3n) is 6.23. The first-order valence-corrected chi connectivity index (χ1v) is 13.4. The van der Waals surface area contributed by atoms with Gasteiger partial charge in [-0.3, -0.25) is 4.68 Å². The zero-order valence-electron chi connectivity index (χ0n) is 24.7. The van der Waals surface area contributed by atoms with Crippen molar-refractivity contribution < 1.29 is 23.4 Å². The summed E-state index contributed by atoms with van der Waals surface area (Å²) in [6.45, 7) is 8.18. The maximum Gasteiger partial charge on any atom is 0.408 e. The van der Waals surface area contributed by atoms with Crippen molar-refractivity contribution in [1.29, 1.82) is 5.26 Å². The van der Waals surface area contributed by atoms with Crippen LogP contribution >= 0.6 is 0 Å². The molecular formula is C32H32F2N6O3. The molecule has 1 amide bonds. The molecule has 0 spiro atoms. The summed E-state index contributed by atoms with van der Waals surface area (Å²) in [5.41, 5.74) is 6.84. The number of nitrogen functional groups attached to an aromatic ring is 1. The van der Waals surface area contributed by atoms with Gasteiger partial charge in [0.25, 0.3) is 0 Å². The number of fused-ring (bicyclic) bond motifs is 1. The van der Waals surface area contributed by atoms with Crippen LogP contribution in [0.4, 0.5) is 19.4 Å². The summed E-state index contributed by atoms with van der Waals surface area (Å²) < 4.78 is 35.5. The summed E-state index contributed by atoms with van der Waals surface area (Å²) in [6.07, 6.45) is -0.840. The maximum atomic E-state index is 14.2. The van der Waals surface area contributed by atoms with E-state index in [0.29, 0.717) is 33.3 Å². The van der Waals surface area contributed by atoms with Crippen LogP contribution in [-0.2, 0) is 18.2 Å². The molecule has 9 nitrogen and oxygen atoms in total. The fourth-order valence-electron chi connectivity index (χ4n) is 4.64. The molecule has 0 aliphatic heterocycles. The van der Waals surface area contributed by atoms with E-state index in [9.17, 15) is 23.9 Å². The molecule has 2 aromatic carbocycles. The first-order valence-electron chi connectivity index (χ1n) is 13.4. The second-order valence-corrected chi connectivity index (χ2v) is 11.6. The van der Waals surface area contributed by atoms with E-state index in [-0.39, 0.29) is 23.5 Å². The topological polar surface area (TPSA) is 139 Å². The molecule has 1 unspecified atom stereocenters. The zero-order valence-corrected chi connectivity index (χ0v) is 24.7. The molecule has 0 saturated heterocycles. The lowest BCUT2D eigenvalue weighted by molar-refractivity contribution is 0.0502. The molecule has 0 fully saturated rings. The average Bonchev–Trinajstić information content (AvgIpc) is 3.18. The fraction of sp³-hybridized carbons (Fsp3) is 0.312. The summed E-state index contributed by atoms with van der Waals surface area (Å²) in [4.78, 5) is 17.8. The summed E-state index contributed by atoms with van der Waals surface area (Å²) in [7, 11) is 1.69. The molecule has 0 aliphatic carbocycles. The molecule has 43 heavy (non-hydrogen) atoms. The van der Waals surface area contributed by atoms with Gasteiger partial charge in [-0.05, 0) is 82.9 Å². The number of nitriles is 1. The van der Waals surface area contributed by atoms with Gasteiger partial charge in [-0.15, -0.1) is 0 Å². The number of ether oxygens (including phenoxy) is 1. The van der Waals surface area contributed by atoms with Crippen LogP contribution in [0.1, 0.15) is 63.2 Å². The standard InChI is InChI=1S/C32H32F2N6O3/c1-31(2,3)43-30(41)38-25(15-18-13-20(33)16-21(34)14-18)27-23(10-8-22(37-27)11-12-32(4,5)42)24-9-7-19(17-35)26-28(24)40(6)39-29(26)36/h7-10,13-14,16,25,42H,15H2,1-6H3,(H2,36,39)(H,38,41). The zero-order chi connectivity index (χ0) is 31.7. The maximum absolute atomic E-state index is 14.2. The quantitative estimate of drug-likeness (QED) is 0.270. The number of aromatic nitrogens is 3. The minimum absolute atomic E-state index is 0.0662. The van der Waals surface area contributed by atoms with Crippen LogP contribution in [0.15, 0.2) is 42.5 Å². The predicted octanol–water partition coefficient (Wildman–Crippen LogP) is 5.30. The van der Waals surface area contributed by atoms with Crippen LogP contribution in [0.5, 0.6) is 0 Å². The van der Waals surface area contributed by atoms with Crippen molar-refractivity contribution in [3.63, 3.8) is 0 Å². The number of hydrogen-bond acceptors (Lipinski definition) is 7. The first-order chi connectivity index (χ1) is 20.0. The minimum atomic E-state index is -1.31. The van der Waals surface area contributed by atoms with Crippen LogP contribution in [0.25, 0.3) is 22.0 Å². The third-order valence-corrected chi connectivity index (χ3v) is 6.23. The number of aryl methyl sites for hydroxylation is 1. The Balaban J connectivity index is 2.00. The third kappa shape index (κ3) is 7.45. The van der Waals surface area contributed by atoms with E-state index in [4.69, 9.17) is 15.5 Å². The van der Waals surface area contributed by atoms with Gasteiger partial charge in [-0.25, -0.2) is 18.6 Å². The Kier molecular flexibility index (Phi) is 8.43. The molecule has 11 heteroatoms. The van der Waals surface area contributed by atoms with Crippen molar-refractivity contribution in [1.82, 2.24) is 20.1 Å². The van der Waals surface area contributed by atoms with Gasteiger partial charge in [0.2, 0.25) is 0 Å². The van der Waals surface area contributed by atoms with E-state index in [1.807, 2.05) is 0 Å². The number of carbonyl (C=O) groups is 1. The van der Waals surface area contributed by atoms with E-state index in [2.05, 4.69) is 28.3 Å². The number of nitrogens with two attached hydrogens (primary N) is 1. The summed E-state index contributed by atoms with van der Waals surface area (Å²) in [5.74, 6) is 4.18. The van der Waals surface area contributed by atoms with E-state index in [1.54, 1.807) is 56.8 Å². The number of anilines is 1. The molecule has 4 N–H and O–H groups in total. The molecule has 0 radical (unpaired) electrons. The SMILES string of the molecule is Cn1nc(N)c2c(C#N)ccc(-c3ccc(C#CC(C)(C)O)nc3C(Cc3cc(F)cc(F)c3)NC(=O)OC(C)(C)C)c21. The summed E-state index contributed by atoms with van der Waals surface area (Å²) in [5, 5.41) is 27.5. The summed E-state index contributed by atoms with van der Waals surface area (Å²) >= 11 is 0. The lowest BCUT2D eigenvalue weighted by Gasteiger charge is -2.25. The van der Waals surface area contributed by atoms with Crippen molar-refractivity contribution in [2.24, 2.45) is 7.05 Å².